The van der Waals surface area contributed by atoms with Crippen LogP contribution in [0.1, 0.15) is 44.9 Å². The third kappa shape index (κ3) is 2.71. The van der Waals surface area contributed by atoms with Crippen molar-refractivity contribution in [2.24, 2.45) is 23.2 Å². The Kier molecular flexibility index (Phi) is 4.23. The summed E-state index contributed by atoms with van der Waals surface area (Å²) in [5.74, 6) is 2.64. The third-order valence-corrected chi connectivity index (χ3v) is 6.29. The van der Waals surface area contributed by atoms with Crippen LogP contribution in [0.25, 0.3) is 0 Å². The van der Waals surface area contributed by atoms with Gasteiger partial charge in [0.25, 0.3) is 0 Å². The topological polar surface area (TPSA) is 61.4 Å². The Hall–Kier alpha value is -0.320. The van der Waals surface area contributed by atoms with Gasteiger partial charge >= 0.3 is 0 Å². The van der Waals surface area contributed by atoms with E-state index in [-0.39, 0.29) is 29.8 Å². The largest absolute Gasteiger partial charge is 0.390 e. The van der Waals surface area contributed by atoms with Crippen molar-refractivity contribution in [1.82, 2.24) is 10.6 Å². The zero-order valence-corrected chi connectivity index (χ0v) is 13.3. The van der Waals surface area contributed by atoms with Crippen molar-refractivity contribution in [2.75, 3.05) is 13.1 Å². The molecule has 0 spiro atoms. The summed E-state index contributed by atoms with van der Waals surface area (Å²) in [6, 6.07) is -0.0447. The molecule has 0 aromatic rings. The van der Waals surface area contributed by atoms with Gasteiger partial charge in [0.05, 0.1) is 12.1 Å². The lowest BCUT2D eigenvalue weighted by Gasteiger charge is -2.56. The average Bonchev–Trinajstić information content (AvgIpc) is 2.40. The van der Waals surface area contributed by atoms with Crippen LogP contribution in [-0.2, 0) is 4.79 Å². The van der Waals surface area contributed by atoms with Crippen LogP contribution < -0.4 is 10.6 Å². The van der Waals surface area contributed by atoms with Crippen molar-refractivity contribution in [3.05, 3.63) is 0 Å². The van der Waals surface area contributed by atoms with E-state index < -0.39 is 6.10 Å². The number of carbonyl (C=O) groups is 1. The first-order valence-corrected chi connectivity index (χ1v) is 8.34. The molecule has 5 rings (SSSR count). The lowest BCUT2D eigenvalue weighted by Crippen LogP contribution is -2.59. The van der Waals surface area contributed by atoms with E-state index in [1.165, 1.54) is 19.3 Å². The quantitative estimate of drug-likeness (QED) is 0.723. The number of hydrogen-bond donors (Lipinski definition) is 3. The Morgan fingerprint density at radius 1 is 1.10 bits per heavy atom. The molecule has 2 atom stereocenters. The van der Waals surface area contributed by atoms with E-state index in [1.807, 2.05) is 0 Å². The van der Waals surface area contributed by atoms with E-state index in [0.717, 1.165) is 50.0 Å². The number of piperidine rings is 1. The SMILES string of the molecule is Cl.O=C(N[C@@H]1CCNC[C@H]1O)C12CC3CC(CC(C3)C1)C2. The first-order valence-electron chi connectivity index (χ1n) is 8.34. The fourth-order valence-corrected chi connectivity index (χ4v) is 5.72. The molecule has 1 saturated heterocycles. The molecule has 0 radical (unpaired) electrons. The number of aliphatic hydroxyl groups excluding tert-OH is 1. The maximum absolute atomic E-state index is 12.9. The molecule has 4 aliphatic carbocycles. The van der Waals surface area contributed by atoms with Crippen LogP contribution >= 0.6 is 12.4 Å². The number of hydrogen-bond acceptors (Lipinski definition) is 3. The van der Waals surface area contributed by atoms with Gasteiger partial charge in [-0.1, -0.05) is 0 Å². The minimum Gasteiger partial charge on any atom is -0.390 e. The second-order valence-electron chi connectivity index (χ2n) is 7.84. The Balaban J connectivity index is 0.00000132. The zero-order chi connectivity index (χ0) is 13.7. The molecule has 1 heterocycles. The van der Waals surface area contributed by atoms with Gasteiger partial charge in [-0.05, 0) is 69.2 Å². The normalized spacial score (nSPS) is 47.8. The summed E-state index contributed by atoms with van der Waals surface area (Å²) in [5, 5.41) is 16.4. The molecule has 4 nitrogen and oxygen atoms in total. The first-order chi connectivity index (χ1) is 9.64. The lowest BCUT2D eigenvalue weighted by molar-refractivity contribution is -0.148. The highest BCUT2D eigenvalue weighted by Crippen LogP contribution is 2.60. The Labute approximate surface area is 132 Å². The fraction of sp³-hybridized carbons (Fsp3) is 0.938. The standard InChI is InChI=1S/C16H26N2O2.ClH/c19-14-9-17-2-1-13(14)18-15(20)16-6-10-3-11(7-16)5-12(4-10)8-16;/h10-14,17,19H,1-9H2,(H,18,20);1H/t10?,11?,12?,13-,14-,16?;/m1./s1. The zero-order valence-electron chi connectivity index (χ0n) is 12.5. The molecule has 4 bridgehead atoms. The van der Waals surface area contributed by atoms with Gasteiger partial charge < -0.3 is 15.7 Å². The van der Waals surface area contributed by atoms with Crippen LogP contribution in [0.4, 0.5) is 0 Å². The monoisotopic (exact) mass is 314 g/mol. The van der Waals surface area contributed by atoms with Gasteiger partial charge in [-0.2, -0.15) is 0 Å². The summed E-state index contributed by atoms with van der Waals surface area (Å²) in [4.78, 5) is 12.9. The maximum atomic E-state index is 12.9. The minimum atomic E-state index is -0.429. The van der Waals surface area contributed by atoms with Gasteiger partial charge in [0.1, 0.15) is 0 Å². The van der Waals surface area contributed by atoms with Crippen molar-refractivity contribution in [2.45, 2.75) is 57.1 Å². The molecule has 3 N–H and O–H groups in total. The number of amides is 1. The maximum Gasteiger partial charge on any atom is 0.226 e. The van der Waals surface area contributed by atoms with Crippen molar-refractivity contribution < 1.29 is 9.90 Å². The van der Waals surface area contributed by atoms with Crippen molar-refractivity contribution in [3.8, 4) is 0 Å². The Morgan fingerprint density at radius 3 is 2.19 bits per heavy atom. The van der Waals surface area contributed by atoms with Crippen molar-refractivity contribution in [1.29, 1.82) is 0 Å². The third-order valence-electron chi connectivity index (χ3n) is 6.29. The van der Waals surface area contributed by atoms with Gasteiger partial charge in [-0.3, -0.25) is 4.79 Å². The van der Waals surface area contributed by atoms with Gasteiger partial charge in [0, 0.05) is 12.0 Å². The molecule has 5 heteroatoms. The summed E-state index contributed by atoms with van der Waals surface area (Å²) >= 11 is 0. The van der Waals surface area contributed by atoms with E-state index in [9.17, 15) is 9.90 Å². The van der Waals surface area contributed by atoms with E-state index in [4.69, 9.17) is 0 Å². The van der Waals surface area contributed by atoms with Crippen LogP contribution in [0, 0.1) is 23.2 Å². The lowest BCUT2D eigenvalue weighted by atomic mass is 9.49. The van der Waals surface area contributed by atoms with Gasteiger partial charge in [-0.25, -0.2) is 0 Å². The number of aliphatic hydroxyl groups is 1. The highest BCUT2D eigenvalue weighted by atomic mass is 35.5. The van der Waals surface area contributed by atoms with Crippen LogP contribution in [0.2, 0.25) is 0 Å². The van der Waals surface area contributed by atoms with Crippen LogP contribution in [0.15, 0.2) is 0 Å². The average molecular weight is 315 g/mol. The molecule has 0 unspecified atom stereocenters. The molecule has 0 aromatic carbocycles. The number of halogens is 1. The second-order valence-corrected chi connectivity index (χ2v) is 7.84. The second kappa shape index (κ2) is 5.71. The van der Waals surface area contributed by atoms with Crippen LogP contribution in [0.3, 0.4) is 0 Å². The highest BCUT2D eigenvalue weighted by Gasteiger charge is 2.54. The summed E-state index contributed by atoms with van der Waals surface area (Å²) in [5.41, 5.74) is -0.0840. The van der Waals surface area contributed by atoms with Gasteiger partial charge in [-0.15, -0.1) is 12.4 Å². The fourth-order valence-electron chi connectivity index (χ4n) is 5.72. The highest BCUT2D eigenvalue weighted by molar-refractivity contribution is 5.85. The molecule has 4 saturated carbocycles. The first kappa shape index (κ1) is 15.6. The molecular weight excluding hydrogens is 288 g/mol. The van der Waals surface area contributed by atoms with Crippen LogP contribution in [0.5, 0.6) is 0 Å². The number of carbonyl (C=O) groups excluding carboxylic acids is 1. The van der Waals surface area contributed by atoms with E-state index >= 15 is 0 Å². The van der Waals surface area contributed by atoms with E-state index in [0.29, 0.717) is 6.54 Å². The number of nitrogens with one attached hydrogen (secondary N) is 2. The Bertz CT molecular complexity index is 380. The predicted molar refractivity (Wildman–Crippen MR) is 83.3 cm³/mol. The van der Waals surface area contributed by atoms with Crippen LogP contribution in [-0.4, -0.2) is 36.2 Å². The molecule has 120 valence electrons. The minimum absolute atomic E-state index is 0. The number of β-amino-alcohol motifs (C(OH)–C–C–N with tert-alkyl or cyclic N) is 1. The summed E-state index contributed by atoms with van der Waals surface area (Å²) in [6.45, 7) is 1.49. The van der Waals surface area contributed by atoms with Gasteiger partial charge in [0.15, 0.2) is 0 Å². The summed E-state index contributed by atoms with van der Waals surface area (Å²) in [7, 11) is 0. The van der Waals surface area contributed by atoms with Crippen molar-refractivity contribution in [3.63, 3.8) is 0 Å². The molecule has 5 aliphatic rings. The Morgan fingerprint density at radius 2 is 1.67 bits per heavy atom. The molecule has 5 fully saturated rings. The summed E-state index contributed by atoms with van der Waals surface area (Å²) < 4.78 is 0. The molecule has 21 heavy (non-hydrogen) atoms. The van der Waals surface area contributed by atoms with Gasteiger partial charge in [0.2, 0.25) is 5.91 Å². The smallest absolute Gasteiger partial charge is 0.226 e. The molecular formula is C16H27ClN2O2. The predicted octanol–water partition coefficient (Wildman–Crippen LogP) is 1.46. The van der Waals surface area contributed by atoms with Crippen molar-refractivity contribution >= 4 is 18.3 Å². The molecule has 1 aliphatic heterocycles. The number of rotatable bonds is 2. The molecule has 0 aromatic heterocycles. The van der Waals surface area contributed by atoms with E-state index in [2.05, 4.69) is 10.6 Å². The summed E-state index contributed by atoms with van der Waals surface area (Å²) in [6.07, 6.45) is 7.82. The molecule has 1 amide bonds. The van der Waals surface area contributed by atoms with E-state index in [1.54, 1.807) is 0 Å².